The van der Waals surface area contributed by atoms with Crippen LogP contribution < -0.4 is 4.57 Å². The number of fused-ring (bicyclic) bond motifs is 3. The van der Waals surface area contributed by atoms with Gasteiger partial charge in [-0.2, -0.15) is 0 Å². The summed E-state index contributed by atoms with van der Waals surface area (Å²) < 4.78 is 4.29. The standard InChI is InChI=1S/C22H25ClN5O2/c1-13-14(2)28-18-19(24-21(28)27(13)17-9-4-5-10-17)25(3)22(30)26(20(18)29)12-15-7-6-8-16(23)11-15/h6-8,11,17-18H,4-5,9-10,12H2,1-3H3/q+1. The summed E-state index contributed by atoms with van der Waals surface area (Å²) in [5, 5.41) is 0.581. The molecule has 1 aromatic carbocycles. The first-order valence-corrected chi connectivity index (χ1v) is 10.8. The van der Waals surface area contributed by atoms with Crippen LogP contribution in [0.1, 0.15) is 54.7 Å². The number of carbonyl (C=O) groups is 2. The quantitative estimate of drug-likeness (QED) is 0.700. The SMILES string of the molecule is Cc1c(C)[n+]2c(n1C1CCCC1)N=C1C2C(=O)N(Cc2cccc(Cl)c2)C(=O)N1C. The van der Waals surface area contributed by atoms with Crippen molar-refractivity contribution in [3.05, 3.63) is 46.2 Å². The van der Waals surface area contributed by atoms with Crippen LogP contribution in [-0.4, -0.2) is 39.2 Å². The van der Waals surface area contributed by atoms with Crippen molar-refractivity contribution in [1.29, 1.82) is 0 Å². The van der Waals surface area contributed by atoms with Crippen molar-refractivity contribution in [3.63, 3.8) is 0 Å². The highest BCUT2D eigenvalue weighted by molar-refractivity contribution is 6.30. The molecule has 2 aliphatic heterocycles. The molecule has 0 N–H and O–H groups in total. The van der Waals surface area contributed by atoms with Gasteiger partial charge in [0.05, 0.1) is 12.6 Å². The molecule has 156 valence electrons. The summed E-state index contributed by atoms with van der Waals surface area (Å²) in [6.07, 6.45) is 4.68. The highest BCUT2D eigenvalue weighted by Gasteiger charge is 2.54. The lowest BCUT2D eigenvalue weighted by Crippen LogP contribution is -2.63. The summed E-state index contributed by atoms with van der Waals surface area (Å²) >= 11 is 6.10. The Morgan fingerprint density at radius 1 is 1.20 bits per heavy atom. The third-order valence-corrected chi connectivity index (χ3v) is 6.91. The van der Waals surface area contributed by atoms with Gasteiger partial charge in [-0.05, 0) is 57.2 Å². The number of hydrogen-bond donors (Lipinski definition) is 0. The Morgan fingerprint density at radius 2 is 1.93 bits per heavy atom. The van der Waals surface area contributed by atoms with E-state index in [0.717, 1.165) is 35.7 Å². The fourth-order valence-corrected chi connectivity index (χ4v) is 5.24. The second-order valence-corrected chi connectivity index (χ2v) is 8.85. The molecular formula is C22H25ClN5O2+. The van der Waals surface area contributed by atoms with Crippen molar-refractivity contribution in [2.45, 2.75) is 58.2 Å². The molecule has 3 heterocycles. The van der Waals surface area contributed by atoms with Crippen LogP contribution in [0.2, 0.25) is 5.02 Å². The zero-order valence-corrected chi connectivity index (χ0v) is 18.2. The van der Waals surface area contributed by atoms with Gasteiger partial charge < -0.3 is 0 Å². The number of carbonyl (C=O) groups excluding carboxylic acids is 2. The molecule has 1 aromatic heterocycles. The number of amidine groups is 1. The zero-order chi connectivity index (χ0) is 21.2. The number of amides is 3. The van der Waals surface area contributed by atoms with Gasteiger partial charge in [0.25, 0.3) is 5.91 Å². The molecule has 1 unspecified atom stereocenters. The molecule has 2 aromatic rings. The van der Waals surface area contributed by atoms with Gasteiger partial charge in [0.1, 0.15) is 11.4 Å². The summed E-state index contributed by atoms with van der Waals surface area (Å²) in [5.74, 6) is 1.05. The van der Waals surface area contributed by atoms with Crippen molar-refractivity contribution < 1.29 is 14.2 Å². The van der Waals surface area contributed by atoms with Crippen molar-refractivity contribution in [2.24, 2.45) is 4.99 Å². The molecule has 8 heteroatoms. The van der Waals surface area contributed by atoms with Gasteiger partial charge >= 0.3 is 12.0 Å². The summed E-state index contributed by atoms with van der Waals surface area (Å²) in [5.41, 5.74) is 2.99. The average Bonchev–Trinajstić information content (AvgIpc) is 3.42. The molecule has 1 aliphatic carbocycles. The molecule has 30 heavy (non-hydrogen) atoms. The highest BCUT2D eigenvalue weighted by Crippen LogP contribution is 2.38. The van der Waals surface area contributed by atoms with Crippen molar-refractivity contribution >= 4 is 35.3 Å². The topological polar surface area (TPSA) is 61.8 Å². The Kier molecular flexibility index (Phi) is 4.47. The van der Waals surface area contributed by atoms with Crippen molar-refractivity contribution in [1.82, 2.24) is 14.4 Å². The van der Waals surface area contributed by atoms with Crippen molar-refractivity contribution in [3.8, 4) is 0 Å². The van der Waals surface area contributed by atoms with E-state index in [2.05, 4.69) is 11.5 Å². The number of hydrogen-bond acceptors (Lipinski definition) is 3. The molecule has 0 spiro atoms. The number of aromatic nitrogens is 2. The lowest BCUT2D eigenvalue weighted by atomic mass is 10.1. The van der Waals surface area contributed by atoms with Crippen LogP contribution in [0.3, 0.4) is 0 Å². The van der Waals surface area contributed by atoms with E-state index in [1.165, 1.54) is 22.6 Å². The van der Waals surface area contributed by atoms with Gasteiger partial charge in [-0.15, -0.1) is 0 Å². The van der Waals surface area contributed by atoms with Crippen LogP contribution >= 0.6 is 11.6 Å². The zero-order valence-electron chi connectivity index (χ0n) is 17.4. The molecule has 7 nitrogen and oxygen atoms in total. The number of imide groups is 1. The van der Waals surface area contributed by atoms with E-state index < -0.39 is 6.04 Å². The van der Waals surface area contributed by atoms with Crippen LogP contribution in [0.15, 0.2) is 29.3 Å². The largest absolute Gasteiger partial charge is 0.402 e. The van der Waals surface area contributed by atoms with E-state index in [-0.39, 0.29) is 18.5 Å². The van der Waals surface area contributed by atoms with E-state index in [4.69, 9.17) is 16.6 Å². The molecule has 0 bridgehead atoms. The van der Waals surface area contributed by atoms with Gasteiger partial charge in [0.15, 0.2) is 0 Å². The predicted molar refractivity (Wildman–Crippen MR) is 113 cm³/mol. The van der Waals surface area contributed by atoms with Gasteiger partial charge in [0, 0.05) is 12.1 Å². The smallest absolute Gasteiger partial charge is 0.270 e. The van der Waals surface area contributed by atoms with Crippen LogP contribution in [0.4, 0.5) is 10.7 Å². The van der Waals surface area contributed by atoms with Gasteiger partial charge in [-0.25, -0.2) is 13.9 Å². The van der Waals surface area contributed by atoms with E-state index >= 15 is 0 Å². The third kappa shape index (κ3) is 2.71. The predicted octanol–water partition coefficient (Wildman–Crippen LogP) is 3.84. The molecule has 0 radical (unpaired) electrons. The number of imidazole rings is 1. The summed E-state index contributed by atoms with van der Waals surface area (Å²) in [6, 6.07) is 6.69. The summed E-state index contributed by atoms with van der Waals surface area (Å²) in [7, 11) is 1.69. The second-order valence-electron chi connectivity index (χ2n) is 8.42. The lowest BCUT2D eigenvalue weighted by molar-refractivity contribution is -0.683. The van der Waals surface area contributed by atoms with E-state index in [9.17, 15) is 9.59 Å². The Balaban J connectivity index is 1.57. The second kappa shape index (κ2) is 6.94. The molecule has 1 atom stereocenters. The molecular weight excluding hydrogens is 402 g/mol. The number of nitrogens with zero attached hydrogens (tertiary/aromatic N) is 5. The first-order valence-electron chi connectivity index (χ1n) is 10.4. The fourth-order valence-electron chi connectivity index (χ4n) is 5.02. The van der Waals surface area contributed by atoms with Gasteiger partial charge in [-0.1, -0.05) is 28.7 Å². The number of likely N-dealkylation sites (N-methyl/N-ethyl adjacent to an activating group) is 1. The van der Waals surface area contributed by atoms with Crippen LogP contribution in [-0.2, 0) is 11.3 Å². The molecule has 1 saturated carbocycles. The number of benzene rings is 1. The monoisotopic (exact) mass is 426 g/mol. The first kappa shape index (κ1) is 19.3. The maximum atomic E-state index is 13.5. The lowest BCUT2D eigenvalue weighted by Gasteiger charge is -2.33. The van der Waals surface area contributed by atoms with Crippen LogP contribution in [0.25, 0.3) is 0 Å². The fraction of sp³-hybridized carbons (Fsp3) is 0.455. The van der Waals surface area contributed by atoms with E-state index in [1.807, 2.05) is 23.6 Å². The van der Waals surface area contributed by atoms with Crippen molar-refractivity contribution in [2.75, 3.05) is 7.05 Å². The Bertz CT molecular complexity index is 1100. The maximum absolute atomic E-state index is 13.5. The van der Waals surface area contributed by atoms with E-state index in [0.29, 0.717) is 16.9 Å². The third-order valence-electron chi connectivity index (χ3n) is 6.68. The minimum absolute atomic E-state index is 0.184. The first-order chi connectivity index (χ1) is 14.4. The molecule has 3 amide bonds. The molecule has 5 rings (SSSR count). The van der Waals surface area contributed by atoms with Crippen LogP contribution in [0.5, 0.6) is 0 Å². The molecule has 2 fully saturated rings. The average molecular weight is 427 g/mol. The van der Waals surface area contributed by atoms with Crippen LogP contribution in [0, 0.1) is 13.8 Å². The van der Waals surface area contributed by atoms with E-state index in [1.54, 1.807) is 19.2 Å². The Labute approximate surface area is 180 Å². The highest BCUT2D eigenvalue weighted by atomic mass is 35.5. The minimum atomic E-state index is -0.608. The number of halogens is 1. The number of aliphatic imine (C=N–C) groups is 1. The van der Waals surface area contributed by atoms with Gasteiger partial charge in [-0.3, -0.25) is 14.6 Å². The number of urea groups is 1. The molecule has 3 aliphatic rings. The Morgan fingerprint density at radius 3 is 2.63 bits per heavy atom. The normalized spacial score (nSPS) is 21.3. The molecule has 1 saturated heterocycles. The summed E-state index contributed by atoms with van der Waals surface area (Å²) in [6.45, 7) is 4.32. The van der Waals surface area contributed by atoms with Gasteiger partial charge in [0.2, 0.25) is 11.9 Å². The Hall–Kier alpha value is -2.67. The number of rotatable bonds is 3. The minimum Gasteiger partial charge on any atom is -0.270 e. The summed E-state index contributed by atoms with van der Waals surface area (Å²) in [4.78, 5) is 34.2. The maximum Gasteiger partial charge on any atom is 0.402 e.